The molecule has 68 valence electrons. The first kappa shape index (κ1) is 10.3. The molecule has 0 spiro atoms. The number of halogens is 3. The van der Waals surface area contributed by atoms with Crippen LogP contribution in [0.1, 0.15) is 12.6 Å². The second kappa shape index (κ2) is 3.96. The van der Waals surface area contributed by atoms with Gasteiger partial charge in [0.15, 0.2) is 5.69 Å². The van der Waals surface area contributed by atoms with Crippen molar-refractivity contribution >= 4 is 46.3 Å². The quantitative estimate of drug-likeness (QED) is 0.754. The van der Waals surface area contributed by atoms with Gasteiger partial charge in [0.2, 0.25) is 8.86 Å². The van der Waals surface area contributed by atoms with Crippen molar-refractivity contribution in [2.24, 2.45) is 0 Å². The zero-order valence-electron chi connectivity index (χ0n) is 6.05. The molecule has 0 aliphatic heterocycles. The van der Waals surface area contributed by atoms with Gasteiger partial charge in [0.25, 0.3) is 0 Å². The molecule has 0 saturated carbocycles. The summed E-state index contributed by atoms with van der Waals surface area (Å²) in [6.45, 7) is 2.33. The Labute approximate surface area is 88.7 Å². The van der Waals surface area contributed by atoms with Crippen molar-refractivity contribution in [1.29, 1.82) is 0 Å². The highest BCUT2D eigenvalue weighted by Gasteiger charge is 2.31. The van der Waals surface area contributed by atoms with Crippen LogP contribution >= 0.6 is 46.3 Å². The molecule has 0 atom stereocenters. The molecule has 0 amide bonds. The maximum atomic E-state index is 5.60. The number of rotatable bonds is 2. The first-order chi connectivity index (χ1) is 5.55. The Balaban J connectivity index is 2.91. The third-order valence-electron chi connectivity index (χ3n) is 1.00. The lowest BCUT2D eigenvalue weighted by atomic mass is 10.5. The van der Waals surface area contributed by atoms with E-state index in [1.54, 1.807) is 0 Å². The summed E-state index contributed by atoms with van der Waals surface area (Å²) in [5.74, 6) is 0. The van der Waals surface area contributed by atoms with Gasteiger partial charge < -0.3 is 4.74 Å². The highest BCUT2D eigenvalue weighted by molar-refractivity contribution is 7.07. The average Bonchev–Trinajstić information content (AvgIpc) is 2.34. The van der Waals surface area contributed by atoms with Crippen LogP contribution in [0.15, 0.2) is 0 Å². The lowest BCUT2D eigenvalue weighted by Gasteiger charge is -2.08. The van der Waals surface area contributed by atoms with E-state index in [2.05, 4.69) is 9.59 Å². The second-order valence-electron chi connectivity index (χ2n) is 1.84. The van der Waals surface area contributed by atoms with E-state index >= 15 is 0 Å². The monoisotopic (exact) mass is 246 g/mol. The van der Waals surface area contributed by atoms with E-state index in [4.69, 9.17) is 39.5 Å². The van der Waals surface area contributed by atoms with Gasteiger partial charge in [-0.3, -0.25) is 0 Å². The first-order valence-corrected chi connectivity index (χ1v) is 4.98. The Morgan fingerprint density at radius 3 is 2.67 bits per heavy atom. The molecule has 0 aliphatic rings. The van der Waals surface area contributed by atoms with E-state index in [1.807, 2.05) is 6.92 Å². The van der Waals surface area contributed by atoms with Gasteiger partial charge >= 0.3 is 0 Å². The minimum Gasteiger partial charge on any atom is -0.482 e. The van der Waals surface area contributed by atoms with Crippen LogP contribution < -0.4 is 4.74 Å². The molecule has 0 bridgehead atoms. The van der Waals surface area contributed by atoms with Gasteiger partial charge in [0.1, 0.15) is 0 Å². The van der Waals surface area contributed by atoms with E-state index in [-0.39, 0.29) is 5.69 Å². The van der Waals surface area contributed by atoms with Crippen molar-refractivity contribution in [3.05, 3.63) is 5.69 Å². The smallest absolute Gasteiger partial charge is 0.239 e. The fraction of sp³-hybridized carbons (Fsp3) is 0.600. The molecule has 7 heteroatoms. The third-order valence-corrected chi connectivity index (χ3v) is 2.18. The first-order valence-electron chi connectivity index (χ1n) is 3.08. The molecule has 0 unspecified atom stereocenters. The van der Waals surface area contributed by atoms with Crippen molar-refractivity contribution in [3.63, 3.8) is 0 Å². The van der Waals surface area contributed by atoms with Crippen LogP contribution in [0.25, 0.3) is 0 Å². The van der Waals surface area contributed by atoms with Crippen molar-refractivity contribution in [2.75, 3.05) is 6.61 Å². The van der Waals surface area contributed by atoms with Crippen LogP contribution in [0.4, 0.5) is 0 Å². The van der Waals surface area contributed by atoms with E-state index < -0.39 is 3.79 Å². The van der Waals surface area contributed by atoms with Crippen LogP contribution in [0.3, 0.4) is 0 Å². The lowest BCUT2D eigenvalue weighted by molar-refractivity contribution is 0.346. The highest BCUT2D eigenvalue weighted by Crippen LogP contribution is 2.42. The Morgan fingerprint density at radius 2 is 2.17 bits per heavy atom. The van der Waals surface area contributed by atoms with Gasteiger partial charge in [0.05, 0.1) is 6.61 Å². The SMILES string of the molecule is CCOc1snnc1C(Cl)(Cl)Cl. The maximum absolute atomic E-state index is 5.60. The van der Waals surface area contributed by atoms with Crippen LogP contribution in [0.2, 0.25) is 0 Å². The average molecular weight is 248 g/mol. The van der Waals surface area contributed by atoms with Crippen LogP contribution in [0, 0.1) is 0 Å². The summed E-state index contributed by atoms with van der Waals surface area (Å²) in [5, 5.41) is 4.11. The minimum absolute atomic E-state index is 0.249. The third kappa shape index (κ3) is 2.36. The van der Waals surface area contributed by atoms with Gasteiger partial charge in [0, 0.05) is 11.5 Å². The molecule has 0 N–H and O–H groups in total. The highest BCUT2D eigenvalue weighted by atomic mass is 35.6. The van der Waals surface area contributed by atoms with E-state index in [1.165, 1.54) is 0 Å². The molecule has 0 saturated heterocycles. The predicted octanol–water partition coefficient (Wildman–Crippen LogP) is 2.76. The lowest BCUT2D eigenvalue weighted by Crippen LogP contribution is -2.04. The fourth-order valence-electron chi connectivity index (χ4n) is 0.581. The van der Waals surface area contributed by atoms with Crippen molar-refractivity contribution in [3.8, 4) is 5.06 Å². The number of aromatic nitrogens is 2. The molecular formula is C5H5Cl3N2OS. The number of ether oxygens (including phenoxy) is 1. The molecule has 1 heterocycles. The van der Waals surface area contributed by atoms with Crippen molar-refractivity contribution < 1.29 is 4.74 Å². The largest absolute Gasteiger partial charge is 0.482 e. The summed E-state index contributed by atoms with van der Waals surface area (Å²) < 4.78 is 7.21. The number of hydrogen-bond donors (Lipinski definition) is 0. The van der Waals surface area contributed by atoms with E-state index in [0.717, 1.165) is 11.5 Å². The fourth-order valence-corrected chi connectivity index (χ4v) is 1.77. The number of alkyl halides is 3. The van der Waals surface area contributed by atoms with Crippen LogP contribution in [-0.4, -0.2) is 16.2 Å². The molecule has 0 fully saturated rings. The van der Waals surface area contributed by atoms with Gasteiger partial charge in [-0.1, -0.05) is 39.3 Å². The van der Waals surface area contributed by atoms with Gasteiger partial charge in [-0.2, -0.15) is 0 Å². The summed E-state index contributed by atoms with van der Waals surface area (Å²) in [6, 6.07) is 0. The zero-order valence-corrected chi connectivity index (χ0v) is 9.14. The number of nitrogens with zero attached hydrogens (tertiary/aromatic N) is 2. The normalized spacial score (nSPS) is 11.7. The second-order valence-corrected chi connectivity index (χ2v) is 4.84. The summed E-state index contributed by atoms with van der Waals surface area (Å²) in [4.78, 5) is 0. The Hall–Kier alpha value is 0.230. The Bertz CT molecular complexity index is 259. The Kier molecular flexibility index (Phi) is 3.40. The molecule has 0 aliphatic carbocycles. The van der Waals surface area contributed by atoms with Crippen molar-refractivity contribution in [1.82, 2.24) is 9.59 Å². The molecule has 1 rings (SSSR count). The standard InChI is InChI=1S/C5H5Cl3N2OS/c1-2-11-4-3(5(6,7)8)9-10-12-4/h2H2,1H3. The predicted molar refractivity (Wildman–Crippen MR) is 50.3 cm³/mol. The summed E-state index contributed by atoms with van der Waals surface area (Å²) in [5.41, 5.74) is 0.249. The summed E-state index contributed by atoms with van der Waals surface area (Å²) in [7, 11) is 0. The van der Waals surface area contributed by atoms with Gasteiger partial charge in [-0.15, -0.1) is 5.10 Å². The van der Waals surface area contributed by atoms with E-state index in [9.17, 15) is 0 Å². The maximum Gasteiger partial charge on any atom is 0.239 e. The molecule has 0 radical (unpaired) electrons. The van der Waals surface area contributed by atoms with Crippen LogP contribution in [0.5, 0.6) is 5.06 Å². The topological polar surface area (TPSA) is 35.0 Å². The van der Waals surface area contributed by atoms with Crippen molar-refractivity contribution in [2.45, 2.75) is 10.7 Å². The molecular weight excluding hydrogens is 242 g/mol. The number of hydrogen-bond acceptors (Lipinski definition) is 4. The summed E-state index contributed by atoms with van der Waals surface area (Å²) in [6.07, 6.45) is 0. The molecule has 1 aromatic rings. The Morgan fingerprint density at radius 1 is 1.50 bits per heavy atom. The van der Waals surface area contributed by atoms with Crippen LogP contribution in [-0.2, 0) is 3.79 Å². The minimum atomic E-state index is -1.56. The molecule has 1 aromatic heterocycles. The van der Waals surface area contributed by atoms with Gasteiger partial charge in [-0.25, -0.2) is 0 Å². The molecule has 0 aromatic carbocycles. The zero-order chi connectivity index (χ0) is 9.19. The molecule has 12 heavy (non-hydrogen) atoms. The summed E-state index contributed by atoms with van der Waals surface area (Å²) >= 11 is 17.9. The van der Waals surface area contributed by atoms with E-state index in [0.29, 0.717) is 11.7 Å². The van der Waals surface area contributed by atoms with Gasteiger partial charge in [-0.05, 0) is 6.92 Å². The molecule has 3 nitrogen and oxygen atoms in total.